The Bertz CT molecular complexity index is 593. The predicted molar refractivity (Wildman–Crippen MR) is 70.0 cm³/mol. The number of hydrogen-bond donors (Lipinski definition) is 1. The van der Waals surface area contributed by atoms with Gasteiger partial charge in [0.25, 0.3) is 0 Å². The van der Waals surface area contributed by atoms with Gasteiger partial charge in [0.15, 0.2) is 5.78 Å². The second kappa shape index (κ2) is 5.00. The fourth-order valence-electron chi connectivity index (χ4n) is 1.82. The molecule has 0 aromatic heterocycles. The van der Waals surface area contributed by atoms with Gasteiger partial charge in [-0.2, -0.15) is 0 Å². The first-order chi connectivity index (χ1) is 8.58. The van der Waals surface area contributed by atoms with Crippen LogP contribution >= 0.6 is 0 Å². The lowest BCUT2D eigenvalue weighted by Gasteiger charge is -2.06. The van der Waals surface area contributed by atoms with Crippen LogP contribution in [0.2, 0.25) is 0 Å². The highest BCUT2D eigenvalue weighted by Crippen LogP contribution is 2.17. The highest BCUT2D eigenvalue weighted by molar-refractivity contribution is 6.02. The predicted octanol–water partition coefficient (Wildman–Crippen LogP) is 3.14. The number of aryl methyl sites for hydroxylation is 1. The molecule has 0 saturated carbocycles. The fraction of sp³-hybridized carbons (Fsp3) is 0.133. The van der Waals surface area contributed by atoms with Crippen LogP contribution in [-0.4, -0.2) is 5.78 Å². The number of anilines is 1. The summed E-state index contributed by atoms with van der Waals surface area (Å²) in [5.74, 6) is -0.529. The van der Waals surface area contributed by atoms with Gasteiger partial charge in [0.05, 0.1) is 0 Å². The third kappa shape index (κ3) is 2.56. The molecule has 2 nitrogen and oxygen atoms in total. The normalized spacial score (nSPS) is 10.3. The number of nitrogens with two attached hydrogens (primary N) is 1. The van der Waals surface area contributed by atoms with Crippen molar-refractivity contribution in [3.63, 3.8) is 0 Å². The summed E-state index contributed by atoms with van der Waals surface area (Å²) in [5, 5.41) is 0. The number of carbonyl (C=O) groups excluding carboxylic acids is 1. The van der Waals surface area contributed by atoms with E-state index >= 15 is 0 Å². The molecule has 0 spiro atoms. The van der Waals surface area contributed by atoms with Gasteiger partial charge in [0, 0.05) is 17.7 Å². The molecule has 0 aliphatic carbocycles. The first-order valence-corrected chi connectivity index (χ1v) is 5.70. The molecule has 0 radical (unpaired) electrons. The van der Waals surface area contributed by atoms with Gasteiger partial charge in [-0.25, -0.2) is 4.39 Å². The number of nitrogen functional groups attached to an aromatic ring is 1. The zero-order valence-corrected chi connectivity index (χ0v) is 10.1. The molecule has 0 bridgehead atoms. The minimum Gasteiger partial charge on any atom is -0.398 e. The van der Waals surface area contributed by atoms with Crippen LogP contribution in [0.15, 0.2) is 42.5 Å². The molecule has 0 fully saturated rings. The van der Waals surface area contributed by atoms with Crippen LogP contribution in [0.3, 0.4) is 0 Å². The molecule has 2 N–H and O–H groups in total. The van der Waals surface area contributed by atoms with E-state index in [1.54, 1.807) is 30.3 Å². The van der Waals surface area contributed by atoms with E-state index in [9.17, 15) is 9.18 Å². The first kappa shape index (κ1) is 12.3. The summed E-state index contributed by atoms with van der Waals surface area (Å²) in [6.07, 6.45) is 0.0281. The van der Waals surface area contributed by atoms with Crippen molar-refractivity contribution in [2.75, 3.05) is 5.73 Å². The second-order valence-electron chi connectivity index (χ2n) is 4.28. The second-order valence-corrected chi connectivity index (χ2v) is 4.28. The average molecular weight is 243 g/mol. The topological polar surface area (TPSA) is 43.1 Å². The van der Waals surface area contributed by atoms with E-state index in [0.29, 0.717) is 16.8 Å². The van der Waals surface area contributed by atoms with Crippen molar-refractivity contribution in [2.24, 2.45) is 0 Å². The van der Waals surface area contributed by atoms with Gasteiger partial charge in [-0.15, -0.1) is 0 Å². The SMILES string of the molecule is Cc1ccc(N)c(C(=O)Cc2ccccc2F)c1. The van der Waals surface area contributed by atoms with Gasteiger partial charge in [-0.1, -0.05) is 29.8 Å². The molecule has 0 aliphatic heterocycles. The molecular formula is C15H14FNO. The van der Waals surface area contributed by atoms with E-state index in [0.717, 1.165) is 5.56 Å². The minimum absolute atomic E-state index is 0.0281. The maximum Gasteiger partial charge on any atom is 0.169 e. The Morgan fingerprint density at radius 2 is 1.94 bits per heavy atom. The van der Waals surface area contributed by atoms with Crippen LogP contribution in [0.25, 0.3) is 0 Å². The highest BCUT2D eigenvalue weighted by atomic mass is 19.1. The van der Waals surface area contributed by atoms with E-state index in [4.69, 9.17) is 5.73 Å². The molecule has 0 amide bonds. The number of carbonyl (C=O) groups is 1. The molecule has 0 heterocycles. The lowest BCUT2D eigenvalue weighted by atomic mass is 10.00. The molecule has 2 aromatic rings. The van der Waals surface area contributed by atoms with E-state index in [-0.39, 0.29) is 18.0 Å². The minimum atomic E-state index is -0.364. The summed E-state index contributed by atoms with van der Waals surface area (Å²) in [6.45, 7) is 1.89. The Morgan fingerprint density at radius 3 is 2.67 bits per heavy atom. The molecule has 2 aromatic carbocycles. The standard InChI is InChI=1S/C15H14FNO/c1-10-6-7-14(17)12(8-10)15(18)9-11-4-2-3-5-13(11)16/h2-8H,9,17H2,1H3. The van der Waals surface area contributed by atoms with Crippen molar-refractivity contribution in [2.45, 2.75) is 13.3 Å². The molecule has 2 rings (SSSR count). The summed E-state index contributed by atoms with van der Waals surface area (Å²) < 4.78 is 13.5. The lowest BCUT2D eigenvalue weighted by molar-refractivity contribution is 0.0992. The zero-order valence-electron chi connectivity index (χ0n) is 10.1. The number of rotatable bonds is 3. The van der Waals surface area contributed by atoms with Crippen molar-refractivity contribution in [3.8, 4) is 0 Å². The van der Waals surface area contributed by atoms with Crippen molar-refractivity contribution < 1.29 is 9.18 Å². The van der Waals surface area contributed by atoms with Gasteiger partial charge < -0.3 is 5.73 Å². The maximum atomic E-state index is 13.5. The summed E-state index contributed by atoms with van der Waals surface area (Å²) >= 11 is 0. The Morgan fingerprint density at radius 1 is 1.22 bits per heavy atom. The van der Waals surface area contributed by atoms with E-state index < -0.39 is 0 Å². The van der Waals surface area contributed by atoms with Crippen LogP contribution in [0.1, 0.15) is 21.5 Å². The summed E-state index contributed by atoms with van der Waals surface area (Å²) in [6, 6.07) is 11.6. The third-order valence-corrected chi connectivity index (χ3v) is 2.82. The molecule has 92 valence electrons. The smallest absolute Gasteiger partial charge is 0.169 e. The van der Waals surface area contributed by atoms with Gasteiger partial charge in [-0.05, 0) is 30.7 Å². The van der Waals surface area contributed by atoms with Gasteiger partial charge in [0.2, 0.25) is 0 Å². The molecule has 3 heteroatoms. The van der Waals surface area contributed by atoms with E-state index in [2.05, 4.69) is 0 Å². The summed E-state index contributed by atoms with van der Waals surface area (Å²) in [5.41, 5.74) is 8.01. The number of Topliss-reactive ketones (excluding diaryl/α,β-unsaturated/α-hetero) is 1. The molecule has 0 atom stereocenters. The Hall–Kier alpha value is -2.16. The van der Waals surface area contributed by atoms with Crippen LogP contribution in [0, 0.1) is 12.7 Å². The van der Waals surface area contributed by atoms with Crippen LogP contribution in [-0.2, 0) is 6.42 Å². The molecule has 0 unspecified atom stereocenters. The maximum absolute atomic E-state index is 13.5. The third-order valence-electron chi connectivity index (χ3n) is 2.82. The van der Waals surface area contributed by atoms with Crippen molar-refractivity contribution in [1.82, 2.24) is 0 Å². The quantitative estimate of drug-likeness (QED) is 0.664. The summed E-state index contributed by atoms with van der Waals surface area (Å²) in [7, 11) is 0. The monoisotopic (exact) mass is 243 g/mol. The van der Waals surface area contributed by atoms with Gasteiger partial charge >= 0.3 is 0 Å². The highest BCUT2D eigenvalue weighted by Gasteiger charge is 2.12. The number of ketones is 1. The van der Waals surface area contributed by atoms with Crippen LogP contribution < -0.4 is 5.73 Å². The number of benzene rings is 2. The van der Waals surface area contributed by atoms with Crippen molar-refractivity contribution in [1.29, 1.82) is 0 Å². The summed E-state index contributed by atoms with van der Waals surface area (Å²) in [4.78, 5) is 12.1. The average Bonchev–Trinajstić information content (AvgIpc) is 2.35. The molecule has 0 saturated heterocycles. The largest absolute Gasteiger partial charge is 0.398 e. The van der Waals surface area contributed by atoms with E-state index in [1.165, 1.54) is 6.07 Å². The molecular weight excluding hydrogens is 229 g/mol. The Labute approximate surface area is 105 Å². The van der Waals surface area contributed by atoms with Gasteiger partial charge in [0.1, 0.15) is 5.82 Å². The lowest BCUT2D eigenvalue weighted by Crippen LogP contribution is -2.08. The van der Waals surface area contributed by atoms with Crippen molar-refractivity contribution >= 4 is 11.5 Å². The Balaban J connectivity index is 2.28. The van der Waals surface area contributed by atoms with Crippen LogP contribution in [0.5, 0.6) is 0 Å². The number of halogens is 1. The van der Waals surface area contributed by atoms with Crippen LogP contribution in [0.4, 0.5) is 10.1 Å². The van der Waals surface area contributed by atoms with E-state index in [1.807, 2.05) is 13.0 Å². The van der Waals surface area contributed by atoms with Crippen molar-refractivity contribution in [3.05, 3.63) is 65.0 Å². The van der Waals surface area contributed by atoms with Gasteiger partial charge in [-0.3, -0.25) is 4.79 Å². The zero-order chi connectivity index (χ0) is 13.1. The molecule has 18 heavy (non-hydrogen) atoms. The fourth-order valence-corrected chi connectivity index (χ4v) is 1.82. The first-order valence-electron chi connectivity index (χ1n) is 5.70. The number of hydrogen-bond acceptors (Lipinski definition) is 2. The molecule has 0 aliphatic rings. The Kier molecular flexibility index (Phi) is 3.42.